The Kier molecular flexibility index (Phi) is 4.63. The van der Waals surface area contributed by atoms with E-state index in [0.29, 0.717) is 11.3 Å². The third-order valence-electron chi connectivity index (χ3n) is 3.36. The molecule has 24 heavy (non-hydrogen) atoms. The lowest BCUT2D eigenvalue weighted by Crippen LogP contribution is -2.28. The van der Waals surface area contributed by atoms with E-state index in [1.807, 2.05) is 18.6 Å². The largest absolute Gasteiger partial charge is 0.459 e. The fraction of sp³-hybridized carbons (Fsp3) is 0.500. The lowest BCUT2D eigenvalue weighted by molar-refractivity contribution is -0.152. The highest BCUT2D eigenvalue weighted by Crippen LogP contribution is 2.33. The zero-order chi connectivity index (χ0) is 18.3. The number of nitrogens with one attached hydrogen (secondary N) is 2. The smallest absolute Gasteiger partial charge is 0.325 e. The molecule has 0 atom stereocenters. The Hall–Kier alpha value is -2.09. The quantitative estimate of drug-likeness (QED) is 0.802. The number of benzene rings is 1. The van der Waals surface area contributed by atoms with Gasteiger partial charge in [0.1, 0.15) is 17.0 Å². The van der Waals surface area contributed by atoms with Gasteiger partial charge in [-0.05, 0) is 44.4 Å². The summed E-state index contributed by atoms with van der Waals surface area (Å²) in [7, 11) is -3.86. The van der Waals surface area contributed by atoms with Crippen molar-refractivity contribution < 1.29 is 22.7 Å². The highest BCUT2D eigenvalue weighted by molar-refractivity contribution is 7.90. The molecule has 0 aromatic heterocycles. The molecule has 1 amide bonds. The van der Waals surface area contributed by atoms with Gasteiger partial charge in [-0.2, -0.15) is 0 Å². The molecule has 2 rings (SSSR count). The second-order valence-corrected chi connectivity index (χ2v) is 8.62. The summed E-state index contributed by atoms with van der Waals surface area (Å²) < 4.78 is 31.3. The van der Waals surface area contributed by atoms with Crippen molar-refractivity contribution in [2.45, 2.75) is 51.0 Å². The highest BCUT2D eigenvalue weighted by Gasteiger charge is 2.35. The third-order valence-corrected chi connectivity index (χ3v) is 4.71. The summed E-state index contributed by atoms with van der Waals surface area (Å²) in [6.07, 6.45) is 0. The van der Waals surface area contributed by atoms with Crippen LogP contribution in [0.2, 0.25) is 0 Å². The SMILES string of the molecule is CC(C)c1cc(NCC(=O)OC(C)(C)C)cc2c1C(=O)NS2(=O)=O. The van der Waals surface area contributed by atoms with Gasteiger partial charge in [-0.3, -0.25) is 9.59 Å². The van der Waals surface area contributed by atoms with Crippen LogP contribution in [-0.2, 0) is 19.6 Å². The summed E-state index contributed by atoms with van der Waals surface area (Å²) in [6, 6.07) is 3.05. The van der Waals surface area contributed by atoms with E-state index in [4.69, 9.17) is 4.74 Å². The van der Waals surface area contributed by atoms with Crippen LogP contribution in [-0.4, -0.2) is 32.4 Å². The van der Waals surface area contributed by atoms with Gasteiger partial charge in [-0.15, -0.1) is 0 Å². The molecular formula is C16H22N2O5S. The van der Waals surface area contributed by atoms with Gasteiger partial charge in [0.25, 0.3) is 15.9 Å². The third kappa shape index (κ3) is 3.87. The molecule has 7 nitrogen and oxygen atoms in total. The molecule has 1 aliphatic rings. The van der Waals surface area contributed by atoms with Crippen molar-refractivity contribution in [3.05, 3.63) is 23.3 Å². The predicted octanol–water partition coefficient (Wildman–Crippen LogP) is 2.00. The van der Waals surface area contributed by atoms with Crippen molar-refractivity contribution in [2.24, 2.45) is 0 Å². The highest BCUT2D eigenvalue weighted by atomic mass is 32.2. The number of carbonyl (C=O) groups excluding carboxylic acids is 2. The van der Waals surface area contributed by atoms with Crippen LogP contribution in [0.1, 0.15) is 56.5 Å². The van der Waals surface area contributed by atoms with Crippen LogP contribution < -0.4 is 10.0 Å². The minimum Gasteiger partial charge on any atom is -0.459 e. The molecule has 1 heterocycles. The van der Waals surface area contributed by atoms with E-state index >= 15 is 0 Å². The molecule has 0 fully saturated rings. The monoisotopic (exact) mass is 354 g/mol. The number of anilines is 1. The maximum atomic E-state index is 12.1. The van der Waals surface area contributed by atoms with Gasteiger partial charge < -0.3 is 10.1 Å². The van der Waals surface area contributed by atoms with E-state index in [0.717, 1.165) is 0 Å². The molecule has 1 aromatic rings. The zero-order valence-corrected chi connectivity index (χ0v) is 15.2. The summed E-state index contributed by atoms with van der Waals surface area (Å²) in [5, 5.41) is 2.87. The average molecular weight is 354 g/mol. The lowest BCUT2D eigenvalue weighted by atomic mass is 9.96. The van der Waals surface area contributed by atoms with E-state index in [2.05, 4.69) is 5.32 Å². The topological polar surface area (TPSA) is 102 Å². The van der Waals surface area contributed by atoms with E-state index in [-0.39, 0.29) is 22.9 Å². The molecule has 8 heteroatoms. The first-order valence-electron chi connectivity index (χ1n) is 7.61. The van der Waals surface area contributed by atoms with Crippen molar-refractivity contribution in [3.8, 4) is 0 Å². The van der Waals surface area contributed by atoms with Crippen molar-refractivity contribution in [3.63, 3.8) is 0 Å². The van der Waals surface area contributed by atoms with E-state index < -0.39 is 27.5 Å². The molecule has 1 aromatic carbocycles. The Morgan fingerprint density at radius 1 is 1.29 bits per heavy atom. The maximum absolute atomic E-state index is 12.1. The summed E-state index contributed by atoms with van der Waals surface area (Å²) >= 11 is 0. The number of fused-ring (bicyclic) bond motifs is 1. The van der Waals surface area contributed by atoms with E-state index in [1.165, 1.54) is 6.07 Å². The standard InChI is InChI=1S/C16H22N2O5S/c1-9(2)11-6-10(17-8-13(19)23-16(3,4)5)7-12-14(11)15(20)18-24(12,21)22/h6-7,9,17H,8H2,1-5H3,(H,18,20). The Balaban J connectivity index is 2.32. The van der Waals surface area contributed by atoms with E-state index in [1.54, 1.807) is 26.8 Å². The van der Waals surface area contributed by atoms with Gasteiger partial charge in [0, 0.05) is 5.69 Å². The predicted molar refractivity (Wildman–Crippen MR) is 89.5 cm³/mol. The molecule has 0 aliphatic carbocycles. The van der Waals surface area contributed by atoms with Gasteiger partial charge in [-0.25, -0.2) is 13.1 Å². The minimum atomic E-state index is -3.86. The van der Waals surface area contributed by atoms with Gasteiger partial charge in [0.05, 0.1) is 5.56 Å². The molecule has 0 bridgehead atoms. The van der Waals surface area contributed by atoms with Crippen molar-refractivity contribution in [1.82, 2.24) is 4.72 Å². The number of esters is 1. The van der Waals surface area contributed by atoms with Crippen molar-refractivity contribution >= 4 is 27.6 Å². The summed E-state index contributed by atoms with van der Waals surface area (Å²) in [5.41, 5.74) is 0.633. The Labute approximate surface area is 141 Å². The molecule has 1 aliphatic heterocycles. The fourth-order valence-corrected chi connectivity index (χ4v) is 3.65. The Morgan fingerprint density at radius 3 is 2.46 bits per heavy atom. The number of ether oxygens (including phenoxy) is 1. The van der Waals surface area contributed by atoms with Crippen LogP contribution in [0.25, 0.3) is 0 Å². The molecule has 0 saturated carbocycles. The number of hydrogen-bond acceptors (Lipinski definition) is 6. The molecule has 0 unspecified atom stereocenters. The first kappa shape index (κ1) is 18.3. The lowest BCUT2D eigenvalue weighted by Gasteiger charge is -2.20. The van der Waals surface area contributed by atoms with Crippen LogP contribution in [0, 0.1) is 0 Å². The summed E-state index contributed by atoms with van der Waals surface area (Å²) in [4.78, 5) is 23.7. The molecule has 0 spiro atoms. The Morgan fingerprint density at radius 2 is 1.92 bits per heavy atom. The van der Waals surface area contributed by atoms with Crippen LogP contribution in [0.15, 0.2) is 17.0 Å². The Bertz CT molecular complexity index is 791. The first-order valence-corrected chi connectivity index (χ1v) is 9.10. The number of amides is 1. The summed E-state index contributed by atoms with van der Waals surface area (Å²) in [6.45, 7) is 8.93. The van der Waals surface area contributed by atoms with E-state index in [9.17, 15) is 18.0 Å². The number of hydrogen-bond donors (Lipinski definition) is 2. The average Bonchev–Trinajstić information content (AvgIpc) is 2.64. The second kappa shape index (κ2) is 6.08. The second-order valence-electron chi connectivity index (χ2n) is 6.97. The van der Waals surface area contributed by atoms with Gasteiger partial charge in [0.2, 0.25) is 0 Å². The van der Waals surface area contributed by atoms with Gasteiger partial charge >= 0.3 is 5.97 Å². The molecule has 0 radical (unpaired) electrons. The number of rotatable bonds is 4. The molecule has 0 saturated heterocycles. The molecular weight excluding hydrogens is 332 g/mol. The van der Waals surface area contributed by atoms with Crippen LogP contribution in [0.4, 0.5) is 5.69 Å². The van der Waals surface area contributed by atoms with Crippen LogP contribution in [0.5, 0.6) is 0 Å². The normalized spacial score (nSPS) is 15.8. The minimum absolute atomic E-state index is 0.0546. The molecule has 2 N–H and O–H groups in total. The maximum Gasteiger partial charge on any atom is 0.325 e. The fourth-order valence-electron chi connectivity index (χ4n) is 2.43. The van der Waals surface area contributed by atoms with Gasteiger partial charge in [0.15, 0.2) is 0 Å². The van der Waals surface area contributed by atoms with Crippen molar-refractivity contribution in [1.29, 1.82) is 0 Å². The molecule has 132 valence electrons. The van der Waals surface area contributed by atoms with Crippen LogP contribution in [0.3, 0.4) is 0 Å². The van der Waals surface area contributed by atoms with Gasteiger partial charge in [-0.1, -0.05) is 13.8 Å². The van der Waals surface area contributed by atoms with Crippen molar-refractivity contribution in [2.75, 3.05) is 11.9 Å². The first-order chi connectivity index (χ1) is 10.9. The van der Waals surface area contributed by atoms with Crippen LogP contribution >= 0.6 is 0 Å². The number of sulfonamides is 1. The number of carbonyl (C=O) groups is 2. The zero-order valence-electron chi connectivity index (χ0n) is 14.4. The summed E-state index contributed by atoms with van der Waals surface area (Å²) in [5.74, 6) is -1.13.